The highest BCUT2D eigenvalue weighted by atomic mass is 32.2. The maximum atomic E-state index is 13.4. The molecule has 0 saturated heterocycles. The van der Waals surface area contributed by atoms with Crippen LogP contribution in [0.3, 0.4) is 0 Å². The molecule has 0 bridgehead atoms. The van der Waals surface area contributed by atoms with Crippen LogP contribution < -0.4 is 0 Å². The number of amides is 1. The fraction of sp³-hybridized carbons (Fsp3) is 0.320. The molecule has 0 fully saturated rings. The largest absolute Gasteiger partial charge is 0.416 e. The predicted molar refractivity (Wildman–Crippen MR) is 130 cm³/mol. The third-order valence-electron chi connectivity index (χ3n) is 5.71. The molecule has 36 heavy (non-hydrogen) atoms. The number of sulfonamides is 1. The lowest BCUT2D eigenvalue weighted by atomic mass is 10.2. The van der Waals surface area contributed by atoms with Crippen molar-refractivity contribution in [3.63, 3.8) is 0 Å². The Bertz CT molecular complexity index is 1260. The number of nitrogens with zero attached hydrogens (tertiary/aromatic N) is 2. The van der Waals surface area contributed by atoms with Gasteiger partial charge in [-0.3, -0.25) is 4.79 Å². The Morgan fingerprint density at radius 2 is 1.72 bits per heavy atom. The van der Waals surface area contributed by atoms with Crippen molar-refractivity contribution in [1.29, 1.82) is 0 Å². The highest BCUT2D eigenvalue weighted by Gasteiger charge is 2.35. The highest BCUT2D eigenvalue weighted by Crippen LogP contribution is 2.31. The average molecular weight is 543 g/mol. The second-order valence-electron chi connectivity index (χ2n) is 8.29. The third kappa shape index (κ3) is 6.92. The summed E-state index contributed by atoms with van der Waals surface area (Å²) in [4.78, 5) is 15.2. The zero-order valence-electron chi connectivity index (χ0n) is 19.7. The summed E-state index contributed by atoms with van der Waals surface area (Å²) in [6.45, 7) is 3.08. The number of halogens is 4. The van der Waals surface area contributed by atoms with E-state index in [4.69, 9.17) is 0 Å². The molecule has 0 aliphatic carbocycles. The lowest BCUT2D eigenvalue weighted by Gasteiger charge is -2.30. The summed E-state index contributed by atoms with van der Waals surface area (Å²) < 4.78 is 80.8. The van der Waals surface area contributed by atoms with Gasteiger partial charge in [0.1, 0.15) is 5.82 Å². The summed E-state index contributed by atoms with van der Waals surface area (Å²) in [6.07, 6.45) is -4.37. The van der Waals surface area contributed by atoms with Crippen molar-refractivity contribution in [2.45, 2.75) is 50.5 Å². The van der Waals surface area contributed by atoms with Crippen molar-refractivity contribution in [2.24, 2.45) is 0 Å². The number of carbonyl (C=O) groups excluding carboxylic acids is 1. The van der Waals surface area contributed by atoms with E-state index in [1.165, 1.54) is 40.5 Å². The van der Waals surface area contributed by atoms with Gasteiger partial charge < -0.3 is 4.90 Å². The van der Waals surface area contributed by atoms with E-state index in [2.05, 4.69) is 0 Å². The molecule has 194 valence electrons. The summed E-state index contributed by atoms with van der Waals surface area (Å²) in [5, 5.41) is 1.85. The normalized spacial score (nSPS) is 13.1. The Hall–Kier alpha value is -2.76. The fourth-order valence-electron chi connectivity index (χ4n) is 3.52. The molecule has 11 heteroatoms. The molecule has 1 unspecified atom stereocenters. The van der Waals surface area contributed by atoms with Crippen LogP contribution in [0.1, 0.15) is 36.3 Å². The van der Waals surface area contributed by atoms with Crippen molar-refractivity contribution in [3.8, 4) is 0 Å². The molecule has 0 N–H and O–H groups in total. The van der Waals surface area contributed by atoms with Crippen LogP contribution in [0.15, 0.2) is 70.9 Å². The molecule has 5 nitrogen and oxygen atoms in total. The molecule has 1 atom stereocenters. The maximum Gasteiger partial charge on any atom is 0.416 e. The van der Waals surface area contributed by atoms with Crippen molar-refractivity contribution in [3.05, 3.63) is 87.9 Å². The first-order valence-electron chi connectivity index (χ1n) is 11.2. The summed E-state index contributed by atoms with van der Waals surface area (Å²) in [5.74, 6) is -0.950. The second kappa shape index (κ2) is 11.5. The first-order chi connectivity index (χ1) is 16.9. The van der Waals surface area contributed by atoms with E-state index >= 15 is 0 Å². The number of hydrogen-bond acceptors (Lipinski definition) is 4. The van der Waals surface area contributed by atoms with Crippen molar-refractivity contribution in [1.82, 2.24) is 9.21 Å². The lowest BCUT2D eigenvalue weighted by Crippen LogP contribution is -2.46. The van der Waals surface area contributed by atoms with Gasteiger partial charge in [0, 0.05) is 17.5 Å². The molecular formula is C25H26F4N2O3S2. The van der Waals surface area contributed by atoms with E-state index in [1.54, 1.807) is 13.8 Å². The van der Waals surface area contributed by atoms with Gasteiger partial charge in [-0.15, -0.1) is 11.3 Å². The lowest BCUT2D eigenvalue weighted by molar-refractivity contribution is -0.137. The van der Waals surface area contributed by atoms with Crippen LogP contribution in [0, 0.1) is 5.82 Å². The van der Waals surface area contributed by atoms with Gasteiger partial charge in [0.05, 0.1) is 23.5 Å². The summed E-state index contributed by atoms with van der Waals surface area (Å²) >= 11 is 1.43. The van der Waals surface area contributed by atoms with Crippen molar-refractivity contribution < 1.29 is 30.8 Å². The van der Waals surface area contributed by atoms with Gasteiger partial charge in [0.15, 0.2) is 0 Å². The molecule has 3 rings (SSSR count). The molecule has 0 aliphatic heterocycles. The Balaban J connectivity index is 1.92. The van der Waals surface area contributed by atoms with Gasteiger partial charge in [-0.25, -0.2) is 12.8 Å². The van der Waals surface area contributed by atoms with E-state index < -0.39 is 51.0 Å². The van der Waals surface area contributed by atoms with E-state index in [-0.39, 0.29) is 13.1 Å². The molecule has 0 aliphatic rings. The molecule has 0 spiro atoms. The average Bonchev–Trinajstić information content (AvgIpc) is 3.35. The molecule has 3 aromatic rings. The first kappa shape index (κ1) is 27.8. The smallest absolute Gasteiger partial charge is 0.332 e. The quantitative estimate of drug-likeness (QED) is 0.299. The summed E-state index contributed by atoms with van der Waals surface area (Å²) in [7, 11) is -4.43. The van der Waals surface area contributed by atoms with Crippen LogP contribution in [0.25, 0.3) is 0 Å². The summed E-state index contributed by atoms with van der Waals surface area (Å²) in [6, 6.07) is 12.1. The standard InChI is InChI=1S/C25H26F4N2O3S2/c1-3-18(2)31(36(33,34)23-8-4-6-20(14-23)25(27,28)29)17-24(32)30(16-22-7-5-13-35-22)15-19-9-11-21(26)12-10-19/h4-14,18H,3,15-17H2,1-2H3. The molecule has 0 saturated carbocycles. The number of thiophene rings is 1. The van der Waals surface area contributed by atoms with Gasteiger partial charge in [0.2, 0.25) is 15.9 Å². The van der Waals surface area contributed by atoms with Gasteiger partial charge in [0.25, 0.3) is 0 Å². The molecular weight excluding hydrogens is 516 g/mol. The second-order valence-corrected chi connectivity index (χ2v) is 11.2. The van der Waals surface area contributed by atoms with Crippen molar-refractivity contribution >= 4 is 27.3 Å². The van der Waals surface area contributed by atoms with E-state index in [9.17, 15) is 30.8 Å². The topological polar surface area (TPSA) is 57.7 Å². The Morgan fingerprint density at radius 1 is 1.03 bits per heavy atom. The zero-order chi connectivity index (χ0) is 26.5. The van der Waals surface area contributed by atoms with Crippen LogP contribution in [0.4, 0.5) is 17.6 Å². The molecule has 1 heterocycles. The van der Waals surface area contributed by atoms with Gasteiger partial charge in [-0.1, -0.05) is 31.2 Å². The maximum absolute atomic E-state index is 13.4. The Morgan fingerprint density at radius 3 is 2.31 bits per heavy atom. The number of carbonyl (C=O) groups is 1. The predicted octanol–water partition coefficient (Wildman–Crippen LogP) is 5.92. The molecule has 0 radical (unpaired) electrons. The van der Waals surface area contributed by atoms with Gasteiger partial charge in [-0.05, 0) is 60.7 Å². The van der Waals surface area contributed by atoms with Gasteiger partial charge in [-0.2, -0.15) is 17.5 Å². The van der Waals surface area contributed by atoms with Crippen LogP contribution >= 0.6 is 11.3 Å². The molecule has 1 aromatic heterocycles. The SMILES string of the molecule is CCC(C)N(CC(=O)N(Cc1ccc(F)cc1)Cc1cccs1)S(=O)(=O)c1cccc(C(F)(F)F)c1. The van der Waals surface area contributed by atoms with E-state index in [1.807, 2.05) is 17.5 Å². The number of benzene rings is 2. The Kier molecular flexibility index (Phi) is 8.91. The highest BCUT2D eigenvalue weighted by molar-refractivity contribution is 7.89. The van der Waals surface area contributed by atoms with Crippen LogP contribution in [0.5, 0.6) is 0 Å². The number of hydrogen-bond donors (Lipinski definition) is 0. The van der Waals surface area contributed by atoms with E-state index in [0.717, 1.165) is 27.4 Å². The third-order valence-corrected chi connectivity index (χ3v) is 8.52. The number of rotatable bonds is 10. The van der Waals surface area contributed by atoms with Crippen LogP contribution in [-0.2, 0) is 34.1 Å². The van der Waals surface area contributed by atoms with Crippen molar-refractivity contribution in [2.75, 3.05) is 6.54 Å². The van der Waals surface area contributed by atoms with Crippen LogP contribution in [0.2, 0.25) is 0 Å². The molecule has 1 amide bonds. The fourth-order valence-corrected chi connectivity index (χ4v) is 5.94. The zero-order valence-corrected chi connectivity index (χ0v) is 21.3. The minimum atomic E-state index is -4.71. The van der Waals surface area contributed by atoms with Crippen LogP contribution in [-0.4, -0.2) is 36.1 Å². The minimum absolute atomic E-state index is 0.106. The monoisotopic (exact) mass is 542 g/mol. The molecule has 2 aromatic carbocycles. The Labute approximate surface area is 212 Å². The van der Waals surface area contributed by atoms with Gasteiger partial charge >= 0.3 is 6.18 Å². The minimum Gasteiger partial charge on any atom is -0.332 e. The first-order valence-corrected chi connectivity index (χ1v) is 13.5. The summed E-state index contributed by atoms with van der Waals surface area (Å²) in [5.41, 5.74) is -0.438. The number of alkyl halides is 3. The van der Waals surface area contributed by atoms with E-state index in [0.29, 0.717) is 18.1 Å².